The van der Waals surface area contributed by atoms with Gasteiger partial charge in [-0.05, 0) is 43.0 Å². The first kappa shape index (κ1) is 19.1. The van der Waals surface area contributed by atoms with Crippen molar-refractivity contribution in [3.63, 3.8) is 0 Å². The Morgan fingerprint density at radius 1 is 0.933 bits per heavy atom. The van der Waals surface area contributed by atoms with E-state index in [1.807, 2.05) is 0 Å². The van der Waals surface area contributed by atoms with Gasteiger partial charge in [0, 0.05) is 23.1 Å². The Morgan fingerprint density at radius 3 is 2.47 bits per heavy atom. The van der Waals surface area contributed by atoms with Gasteiger partial charge in [-0.25, -0.2) is 0 Å². The van der Waals surface area contributed by atoms with Crippen LogP contribution < -0.4 is 0 Å². The Labute approximate surface area is 176 Å². The highest BCUT2D eigenvalue weighted by Gasteiger charge is 2.28. The van der Waals surface area contributed by atoms with Crippen molar-refractivity contribution in [2.45, 2.75) is 37.2 Å². The number of hydrogen-bond acceptors (Lipinski definition) is 3. The first-order chi connectivity index (χ1) is 14.5. The molecule has 152 valence electrons. The van der Waals surface area contributed by atoms with Crippen molar-refractivity contribution < 1.29 is 12.6 Å². The number of aryl methyl sites for hydroxylation is 2. The van der Waals surface area contributed by atoms with Crippen LogP contribution >= 0.6 is 0 Å². The molecular formula is C25H23NO3S. The molecule has 0 radical (unpaired) electrons. The summed E-state index contributed by atoms with van der Waals surface area (Å²) >= 11 is 0. The minimum Gasteiger partial charge on any atom is -0.358 e. The molecule has 4 nitrogen and oxygen atoms in total. The second-order valence-corrected chi connectivity index (χ2v) is 9.48. The Morgan fingerprint density at radius 2 is 1.70 bits per heavy atom. The monoisotopic (exact) mass is 417 g/mol. The van der Waals surface area contributed by atoms with E-state index in [1.165, 1.54) is 22.4 Å². The topological polar surface area (TPSA) is 59.2 Å². The van der Waals surface area contributed by atoms with Gasteiger partial charge in [0.05, 0.1) is 16.5 Å². The van der Waals surface area contributed by atoms with Crippen LogP contribution in [0.2, 0.25) is 0 Å². The highest BCUT2D eigenvalue weighted by atomic mass is 32.2. The smallest absolute Gasteiger partial charge is 0.297 e. The van der Waals surface area contributed by atoms with Crippen LogP contribution in [0, 0.1) is 6.92 Å². The lowest BCUT2D eigenvalue weighted by atomic mass is 9.92. The number of benzene rings is 3. The fourth-order valence-electron chi connectivity index (χ4n) is 4.29. The van der Waals surface area contributed by atoms with Crippen molar-refractivity contribution >= 4 is 21.0 Å². The molecule has 1 aliphatic carbocycles. The normalized spacial score (nSPS) is 16.5. The van der Waals surface area contributed by atoms with E-state index in [0.717, 1.165) is 22.9 Å². The summed E-state index contributed by atoms with van der Waals surface area (Å²) in [4.78, 5) is 3.81. The Balaban J connectivity index is 1.48. The molecule has 5 rings (SSSR count). The molecule has 0 saturated heterocycles. The van der Waals surface area contributed by atoms with Gasteiger partial charge in [-0.1, -0.05) is 66.2 Å². The number of aromatic nitrogens is 1. The van der Waals surface area contributed by atoms with Gasteiger partial charge in [0.25, 0.3) is 10.1 Å². The zero-order valence-electron chi connectivity index (χ0n) is 16.8. The SMILES string of the molecule is Cc1ccc(-c2cccc3c4c([nH]c23)CCC(OS(=O)(=O)c2ccccc2)C4)cc1. The molecule has 5 heteroatoms. The molecule has 0 spiro atoms. The van der Waals surface area contributed by atoms with Gasteiger partial charge in [-0.3, -0.25) is 4.18 Å². The van der Waals surface area contributed by atoms with Gasteiger partial charge < -0.3 is 4.98 Å². The van der Waals surface area contributed by atoms with E-state index in [0.29, 0.717) is 12.8 Å². The third kappa shape index (κ3) is 3.44. The van der Waals surface area contributed by atoms with Gasteiger partial charge in [0.1, 0.15) is 0 Å². The van der Waals surface area contributed by atoms with Crippen LogP contribution in [0.5, 0.6) is 0 Å². The maximum atomic E-state index is 12.7. The Bertz CT molecular complexity index is 1310. The minimum absolute atomic E-state index is 0.205. The van der Waals surface area contributed by atoms with Crippen LogP contribution in [0.3, 0.4) is 0 Å². The molecule has 1 aliphatic rings. The first-order valence-electron chi connectivity index (χ1n) is 10.2. The number of nitrogens with one attached hydrogen (secondary N) is 1. The lowest BCUT2D eigenvalue weighted by molar-refractivity contribution is 0.192. The molecule has 1 atom stereocenters. The maximum absolute atomic E-state index is 12.7. The van der Waals surface area contributed by atoms with Crippen LogP contribution in [0.1, 0.15) is 23.2 Å². The van der Waals surface area contributed by atoms with E-state index in [-0.39, 0.29) is 11.0 Å². The number of rotatable bonds is 4. The average Bonchev–Trinajstić information content (AvgIpc) is 3.13. The second kappa shape index (κ2) is 7.42. The van der Waals surface area contributed by atoms with Crippen LogP contribution in [-0.2, 0) is 27.1 Å². The van der Waals surface area contributed by atoms with Gasteiger partial charge in [-0.15, -0.1) is 0 Å². The van der Waals surface area contributed by atoms with Crippen molar-refractivity contribution in [3.05, 3.63) is 89.6 Å². The van der Waals surface area contributed by atoms with E-state index in [2.05, 4.69) is 54.4 Å². The predicted molar refractivity (Wildman–Crippen MR) is 119 cm³/mol. The molecule has 1 heterocycles. The van der Waals surface area contributed by atoms with E-state index in [4.69, 9.17) is 4.18 Å². The lowest BCUT2D eigenvalue weighted by Gasteiger charge is -2.22. The summed E-state index contributed by atoms with van der Waals surface area (Å²) in [6, 6.07) is 23.2. The van der Waals surface area contributed by atoms with E-state index in [9.17, 15) is 8.42 Å². The van der Waals surface area contributed by atoms with Crippen molar-refractivity contribution in [2.75, 3.05) is 0 Å². The van der Waals surface area contributed by atoms with Crippen LogP contribution in [0.4, 0.5) is 0 Å². The van der Waals surface area contributed by atoms with Gasteiger partial charge in [0.2, 0.25) is 0 Å². The lowest BCUT2D eigenvalue weighted by Crippen LogP contribution is -2.25. The molecule has 0 bridgehead atoms. The summed E-state index contributed by atoms with van der Waals surface area (Å²) in [6.07, 6.45) is 1.67. The Hall–Kier alpha value is -2.89. The number of aromatic amines is 1. The molecule has 1 N–H and O–H groups in total. The van der Waals surface area contributed by atoms with Crippen molar-refractivity contribution in [2.24, 2.45) is 0 Å². The highest BCUT2D eigenvalue weighted by molar-refractivity contribution is 7.86. The number of H-pyrrole nitrogens is 1. The van der Waals surface area contributed by atoms with Crippen LogP contribution in [0.25, 0.3) is 22.0 Å². The van der Waals surface area contributed by atoms with Crippen molar-refractivity contribution in [3.8, 4) is 11.1 Å². The summed E-state index contributed by atoms with van der Waals surface area (Å²) in [5, 5.41) is 1.15. The molecule has 3 aromatic carbocycles. The fraction of sp³-hybridized carbons (Fsp3) is 0.200. The van der Waals surface area contributed by atoms with Gasteiger partial charge >= 0.3 is 0 Å². The summed E-state index contributed by atoms with van der Waals surface area (Å²) in [6.45, 7) is 2.08. The summed E-state index contributed by atoms with van der Waals surface area (Å²) < 4.78 is 30.9. The zero-order valence-corrected chi connectivity index (χ0v) is 17.6. The predicted octanol–water partition coefficient (Wildman–Crippen LogP) is 5.41. The molecule has 0 fully saturated rings. The molecule has 30 heavy (non-hydrogen) atoms. The van der Waals surface area contributed by atoms with E-state index < -0.39 is 10.1 Å². The fourth-order valence-corrected chi connectivity index (χ4v) is 5.41. The van der Waals surface area contributed by atoms with E-state index >= 15 is 0 Å². The van der Waals surface area contributed by atoms with E-state index in [1.54, 1.807) is 30.3 Å². The molecular weight excluding hydrogens is 394 g/mol. The second-order valence-electron chi connectivity index (χ2n) is 7.90. The molecule has 4 aromatic rings. The summed E-state index contributed by atoms with van der Waals surface area (Å²) in [5.41, 5.74) is 7.02. The zero-order chi connectivity index (χ0) is 20.7. The number of fused-ring (bicyclic) bond motifs is 3. The van der Waals surface area contributed by atoms with Crippen molar-refractivity contribution in [1.82, 2.24) is 4.98 Å². The molecule has 0 saturated carbocycles. The standard InChI is InChI=1S/C25H23NO3S/c1-17-10-12-18(13-11-17)21-8-5-9-22-23-16-19(14-15-24(23)26-25(21)22)29-30(27,28)20-6-3-2-4-7-20/h2-13,19,26H,14-16H2,1H3. The average molecular weight is 418 g/mol. The molecule has 0 amide bonds. The minimum atomic E-state index is -3.76. The largest absolute Gasteiger partial charge is 0.358 e. The molecule has 1 unspecified atom stereocenters. The molecule has 0 aliphatic heterocycles. The summed E-state index contributed by atoms with van der Waals surface area (Å²) in [7, 11) is -3.76. The quantitative estimate of drug-likeness (QED) is 0.452. The third-order valence-corrected chi connectivity index (χ3v) is 7.21. The third-order valence-electron chi connectivity index (χ3n) is 5.84. The first-order valence-corrected chi connectivity index (χ1v) is 11.6. The Kier molecular flexibility index (Phi) is 4.72. The van der Waals surface area contributed by atoms with Crippen LogP contribution in [-0.4, -0.2) is 19.5 Å². The molecule has 1 aromatic heterocycles. The van der Waals surface area contributed by atoms with Crippen LogP contribution in [0.15, 0.2) is 77.7 Å². The summed E-state index contributed by atoms with van der Waals surface area (Å²) in [5.74, 6) is 0. The number of hydrogen-bond donors (Lipinski definition) is 1. The highest BCUT2D eigenvalue weighted by Crippen LogP contribution is 2.36. The number of para-hydroxylation sites is 1. The maximum Gasteiger partial charge on any atom is 0.297 e. The van der Waals surface area contributed by atoms with Gasteiger partial charge in [0.15, 0.2) is 0 Å². The van der Waals surface area contributed by atoms with Crippen molar-refractivity contribution in [1.29, 1.82) is 0 Å². The van der Waals surface area contributed by atoms with Gasteiger partial charge in [-0.2, -0.15) is 8.42 Å².